The fraction of sp³-hybridized carbons (Fsp3) is 0.0833. The van der Waals surface area contributed by atoms with Crippen LogP contribution in [0.15, 0.2) is 61.7 Å². The average Bonchev–Trinajstić information content (AvgIpc) is 3.13. The molecule has 2 nitrogen and oxygen atoms in total. The van der Waals surface area contributed by atoms with E-state index in [-0.39, 0.29) is 0 Å². The standard InChI is InChI=1S/C24H22N2/c1-5-7-9-18-15(3)25-23-20(18)13-11-17-12-14-21-19(10-8-6-2)16(4)26-24(21)22(17)23/h5-14,25-26H,1-2H2,3-4H3/b9-7-,10-8-. The maximum Gasteiger partial charge on any atom is 0.0563 e. The van der Waals surface area contributed by atoms with Crippen molar-refractivity contribution < 1.29 is 0 Å². The fourth-order valence-corrected chi connectivity index (χ4v) is 3.80. The largest absolute Gasteiger partial charge is 0.358 e. The normalized spacial score (nSPS) is 12.2. The van der Waals surface area contributed by atoms with E-state index in [0.717, 1.165) is 11.4 Å². The van der Waals surface area contributed by atoms with E-state index in [1.165, 1.54) is 43.7 Å². The van der Waals surface area contributed by atoms with Crippen LogP contribution in [0, 0.1) is 13.8 Å². The number of hydrogen-bond donors (Lipinski definition) is 2. The number of aromatic nitrogens is 2. The summed E-state index contributed by atoms with van der Waals surface area (Å²) in [5.74, 6) is 0. The summed E-state index contributed by atoms with van der Waals surface area (Å²) in [6.45, 7) is 11.8. The fourth-order valence-electron chi connectivity index (χ4n) is 3.80. The van der Waals surface area contributed by atoms with Gasteiger partial charge in [0.15, 0.2) is 0 Å². The number of fused-ring (bicyclic) bond motifs is 5. The molecule has 2 N–H and O–H groups in total. The maximum atomic E-state index is 3.78. The van der Waals surface area contributed by atoms with Gasteiger partial charge in [-0.2, -0.15) is 0 Å². The summed E-state index contributed by atoms with van der Waals surface area (Å²) in [5.41, 5.74) is 7.11. The van der Waals surface area contributed by atoms with Crippen molar-refractivity contribution in [2.45, 2.75) is 13.8 Å². The second-order valence-corrected chi connectivity index (χ2v) is 6.59. The molecule has 0 bridgehead atoms. The first-order valence-electron chi connectivity index (χ1n) is 8.80. The van der Waals surface area contributed by atoms with E-state index in [4.69, 9.17) is 0 Å². The molecule has 4 aromatic rings. The number of benzene rings is 2. The van der Waals surface area contributed by atoms with Crippen LogP contribution in [0.25, 0.3) is 44.7 Å². The van der Waals surface area contributed by atoms with E-state index in [1.807, 2.05) is 24.3 Å². The molecule has 0 amide bonds. The molecule has 0 aliphatic heterocycles. The van der Waals surface area contributed by atoms with Gasteiger partial charge in [-0.05, 0) is 19.2 Å². The van der Waals surface area contributed by atoms with E-state index in [9.17, 15) is 0 Å². The van der Waals surface area contributed by atoms with Crippen LogP contribution in [0.3, 0.4) is 0 Å². The van der Waals surface area contributed by atoms with Crippen LogP contribution in [0.2, 0.25) is 0 Å². The predicted octanol–water partition coefficient (Wildman–Crippen LogP) is 6.82. The number of allylic oxidation sites excluding steroid dienone is 4. The Morgan fingerprint density at radius 1 is 0.731 bits per heavy atom. The highest BCUT2D eigenvalue weighted by Gasteiger charge is 2.14. The molecule has 0 fully saturated rings. The Kier molecular flexibility index (Phi) is 3.89. The smallest absolute Gasteiger partial charge is 0.0563 e. The monoisotopic (exact) mass is 338 g/mol. The zero-order valence-corrected chi connectivity index (χ0v) is 15.2. The van der Waals surface area contributed by atoms with Gasteiger partial charge in [0.2, 0.25) is 0 Å². The molecule has 26 heavy (non-hydrogen) atoms. The quantitative estimate of drug-likeness (QED) is 0.383. The lowest BCUT2D eigenvalue weighted by Crippen LogP contribution is -1.79. The topological polar surface area (TPSA) is 31.6 Å². The molecule has 0 saturated carbocycles. The number of aromatic amines is 2. The summed E-state index contributed by atoms with van der Waals surface area (Å²) in [6.07, 6.45) is 11.8. The van der Waals surface area contributed by atoms with Crippen LogP contribution in [-0.2, 0) is 0 Å². The minimum atomic E-state index is 1.16. The molecule has 0 atom stereocenters. The van der Waals surface area contributed by atoms with Gasteiger partial charge in [0.1, 0.15) is 0 Å². The molecule has 2 aromatic heterocycles. The molecule has 0 radical (unpaired) electrons. The number of nitrogens with one attached hydrogen (secondary N) is 2. The Bertz CT molecular complexity index is 1130. The first kappa shape index (κ1) is 16.2. The molecular weight excluding hydrogens is 316 g/mol. The number of H-pyrrole nitrogens is 2. The predicted molar refractivity (Wildman–Crippen MR) is 116 cm³/mol. The highest BCUT2D eigenvalue weighted by Crippen LogP contribution is 2.36. The van der Waals surface area contributed by atoms with Gasteiger partial charge in [-0.25, -0.2) is 0 Å². The number of aryl methyl sites for hydroxylation is 2. The summed E-state index contributed by atoms with van der Waals surface area (Å²) < 4.78 is 0. The van der Waals surface area contributed by atoms with Crippen molar-refractivity contribution in [3.63, 3.8) is 0 Å². The second kappa shape index (κ2) is 6.23. The summed E-state index contributed by atoms with van der Waals surface area (Å²) in [6, 6.07) is 8.80. The Balaban J connectivity index is 2.14. The summed E-state index contributed by atoms with van der Waals surface area (Å²) >= 11 is 0. The van der Waals surface area contributed by atoms with Gasteiger partial charge >= 0.3 is 0 Å². The molecule has 0 saturated heterocycles. The molecule has 0 aliphatic rings. The second-order valence-electron chi connectivity index (χ2n) is 6.59. The third-order valence-electron chi connectivity index (χ3n) is 5.00. The highest BCUT2D eigenvalue weighted by atomic mass is 14.7. The summed E-state index contributed by atoms with van der Waals surface area (Å²) in [4.78, 5) is 7.21. The minimum absolute atomic E-state index is 1.16. The molecule has 4 rings (SSSR count). The lowest BCUT2D eigenvalue weighted by atomic mass is 10.0. The molecule has 0 unspecified atom stereocenters. The van der Waals surface area contributed by atoms with E-state index in [2.05, 4.69) is 73.4 Å². The van der Waals surface area contributed by atoms with Crippen molar-refractivity contribution in [3.05, 3.63) is 84.2 Å². The zero-order valence-electron chi connectivity index (χ0n) is 15.2. The Morgan fingerprint density at radius 3 is 1.62 bits per heavy atom. The SMILES string of the molecule is C=C/C=C\c1c(C)[nH]c2c1ccc1ccc3c(/C=C\C=C)c(C)[nH]c3c12. The molecule has 2 heteroatoms. The van der Waals surface area contributed by atoms with Gasteiger partial charge in [0, 0.05) is 38.7 Å². The van der Waals surface area contributed by atoms with Crippen molar-refractivity contribution in [2.75, 3.05) is 0 Å². The van der Waals surface area contributed by atoms with Crippen LogP contribution < -0.4 is 0 Å². The minimum Gasteiger partial charge on any atom is -0.358 e. The van der Waals surface area contributed by atoms with E-state index < -0.39 is 0 Å². The van der Waals surface area contributed by atoms with Gasteiger partial charge in [-0.1, -0.05) is 73.9 Å². The third kappa shape index (κ3) is 2.34. The molecular formula is C24H22N2. The zero-order chi connectivity index (χ0) is 18.3. The Hall–Kier alpha value is -3.26. The van der Waals surface area contributed by atoms with Crippen molar-refractivity contribution in [2.24, 2.45) is 0 Å². The molecule has 0 aliphatic carbocycles. The maximum absolute atomic E-state index is 3.78. The summed E-state index contributed by atoms with van der Waals surface area (Å²) in [7, 11) is 0. The molecule has 128 valence electrons. The van der Waals surface area contributed by atoms with Gasteiger partial charge in [0.05, 0.1) is 11.0 Å². The lowest BCUT2D eigenvalue weighted by Gasteiger charge is -2.03. The van der Waals surface area contributed by atoms with Gasteiger partial charge in [0.25, 0.3) is 0 Å². The lowest BCUT2D eigenvalue weighted by molar-refractivity contribution is 1.29. The van der Waals surface area contributed by atoms with Crippen LogP contribution in [0.1, 0.15) is 22.5 Å². The Morgan fingerprint density at radius 2 is 1.19 bits per heavy atom. The molecule has 2 heterocycles. The first-order valence-corrected chi connectivity index (χ1v) is 8.80. The molecule has 2 aromatic carbocycles. The highest BCUT2D eigenvalue weighted by molar-refractivity contribution is 6.20. The van der Waals surface area contributed by atoms with Crippen molar-refractivity contribution >= 4 is 44.7 Å². The summed E-state index contributed by atoms with van der Waals surface area (Å²) in [5, 5.41) is 4.93. The first-order chi connectivity index (χ1) is 12.7. The van der Waals surface area contributed by atoms with E-state index >= 15 is 0 Å². The van der Waals surface area contributed by atoms with Gasteiger partial charge < -0.3 is 9.97 Å². The van der Waals surface area contributed by atoms with E-state index in [1.54, 1.807) is 0 Å². The van der Waals surface area contributed by atoms with Crippen LogP contribution in [-0.4, -0.2) is 9.97 Å². The van der Waals surface area contributed by atoms with Crippen LogP contribution in [0.5, 0.6) is 0 Å². The third-order valence-corrected chi connectivity index (χ3v) is 5.00. The number of hydrogen-bond acceptors (Lipinski definition) is 0. The molecule has 0 spiro atoms. The Labute approximate surface area is 153 Å². The van der Waals surface area contributed by atoms with Gasteiger partial charge in [-0.3, -0.25) is 0 Å². The van der Waals surface area contributed by atoms with Crippen LogP contribution >= 0.6 is 0 Å². The van der Waals surface area contributed by atoms with Crippen molar-refractivity contribution in [1.29, 1.82) is 0 Å². The number of rotatable bonds is 4. The van der Waals surface area contributed by atoms with Crippen LogP contribution in [0.4, 0.5) is 0 Å². The van der Waals surface area contributed by atoms with E-state index in [0.29, 0.717) is 0 Å². The average molecular weight is 338 g/mol. The van der Waals surface area contributed by atoms with Crippen molar-refractivity contribution in [3.8, 4) is 0 Å². The van der Waals surface area contributed by atoms with Gasteiger partial charge in [-0.15, -0.1) is 0 Å². The van der Waals surface area contributed by atoms with Crippen molar-refractivity contribution in [1.82, 2.24) is 9.97 Å².